The van der Waals surface area contributed by atoms with E-state index in [1.165, 1.54) is 0 Å². The summed E-state index contributed by atoms with van der Waals surface area (Å²) in [5.74, 6) is 0.730. The van der Waals surface area contributed by atoms with Gasteiger partial charge in [0, 0.05) is 11.1 Å². The van der Waals surface area contributed by atoms with E-state index in [1.807, 2.05) is 66.7 Å². The van der Waals surface area contributed by atoms with Crippen LogP contribution in [-0.4, -0.2) is 13.0 Å². The average molecular weight is 432 g/mol. The molecule has 0 aromatic heterocycles. The molecular weight excluding hydrogens is 412 g/mol. The van der Waals surface area contributed by atoms with Crippen molar-refractivity contribution in [1.29, 1.82) is 5.26 Å². The smallest absolute Gasteiger partial charge is 0.257 e. The van der Waals surface area contributed by atoms with Gasteiger partial charge >= 0.3 is 0 Å². The molecule has 4 aromatic carbocycles. The maximum absolute atomic E-state index is 12.9. The Bertz CT molecular complexity index is 1420. The lowest BCUT2D eigenvalue weighted by Gasteiger charge is -2.29. The number of fused-ring (bicyclic) bond motifs is 3. The van der Waals surface area contributed by atoms with Crippen molar-refractivity contribution >= 4 is 16.7 Å². The minimum atomic E-state index is -0.415. The van der Waals surface area contributed by atoms with Crippen molar-refractivity contribution < 1.29 is 14.3 Å². The van der Waals surface area contributed by atoms with Crippen molar-refractivity contribution in [3.05, 3.63) is 119 Å². The van der Waals surface area contributed by atoms with Gasteiger partial charge in [-0.15, -0.1) is 0 Å². The number of nitrogens with zero attached hydrogens (tertiary/aromatic N) is 1. The van der Waals surface area contributed by atoms with Crippen molar-refractivity contribution in [3.63, 3.8) is 0 Å². The number of nitriles is 1. The quantitative estimate of drug-likeness (QED) is 0.460. The number of hydrogen-bond donors (Lipinski definition) is 1. The zero-order valence-corrected chi connectivity index (χ0v) is 17.9. The standard InChI is InChI=1S/C28H20N2O3/c1-32-21-14-11-19(12-15-21)25-23(17-29)28(30-27(31)20-8-3-2-4-9-20)33-24-16-13-18-7-5-6-10-22(18)26(24)25/h2-16,25H,1H3,(H,30,31)/t25-/m1/s1. The number of methoxy groups -OCH3 is 1. The van der Waals surface area contributed by atoms with Gasteiger partial charge in [-0.05, 0) is 46.7 Å². The largest absolute Gasteiger partial charge is 0.497 e. The van der Waals surface area contributed by atoms with Crippen molar-refractivity contribution in [2.24, 2.45) is 0 Å². The van der Waals surface area contributed by atoms with E-state index in [0.29, 0.717) is 16.9 Å². The molecule has 0 unspecified atom stereocenters. The molecule has 5 nitrogen and oxygen atoms in total. The molecule has 160 valence electrons. The number of allylic oxidation sites excluding steroid dienone is 1. The molecule has 1 amide bonds. The van der Waals surface area contributed by atoms with Crippen molar-refractivity contribution in [2.45, 2.75) is 5.92 Å². The lowest BCUT2D eigenvalue weighted by molar-refractivity contribution is 0.0947. The van der Waals surface area contributed by atoms with Gasteiger partial charge in [0.1, 0.15) is 23.1 Å². The Morgan fingerprint density at radius 1 is 0.939 bits per heavy atom. The van der Waals surface area contributed by atoms with Crippen LogP contribution in [0, 0.1) is 11.3 Å². The fraction of sp³-hybridized carbons (Fsp3) is 0.0714. The molecule has 0 bridgehead atoms. The van der Waals surface area contributed by atoms with Gasteiger partial charge in [0.15, 0.2) is 0 Å². The first-order valence-electron chi connectivity index (χ1n) is 10.5. The van der Waals surface area contributed by atoms with Crippen LogP contribution >= 0.6 is 0 Å². The van der Waals surface area contributed by atoms with Crippen LogP contribution in [0.5, 0.6) is 11.5 Å². The minimum Gasteiger partial charge on any atom is -0.497 e. The fourth-order valence-electron chi connectivity index (χ4n) is 4.21. The van der Waals surface area contributed by atoms with Crippen LogP contribution < -0.4 is 14.8 Å². The van der Waals surface area contributed by atoms with E-state index in [0.717, 1.165) is 27.6 Å². The third-order valence-corrected chi connectivity index (χ3v) is 5.80. The molecule has 0 radical (unpaired) electrons. The monoisotopic (exact) mass is 432 g/mol. The maximum Gasteiger partial charge on any atom is 0.257 e. The van der Waals surface area contributed by atoms with Crippen LogP contribution in [0.2, 0.25) is 0 Å². The van der Waals surface area contributed by atoms with Crippen LogP contribution in [-0.2, 0) is 0 Å². The number of amides is 1. The molecule has 0 spiro atoms. The number of rotatable bonds is 4. The molecule has 4 aromatic rings. The summed E-state index contributed by atoms with van der Waals surface area (Å²) >= 11 is 0. The Hall–Kier alpha value is -4.56. The second kappa shape index (κ2) is 8.52. The molecule has 0 aliphatic carbocycles. The van der Waals surface area contributed by atoms with Crippen LogP contribution in [0.25, 0.3) is 10.8 Å². The number of carbonyl (C=O) groups excluding carboxylic acids is 1. The summed E-state index contributed by atoms with van der Waals surface area (Å²) in [5.41, 5.74) is 2.62. The molecular formula is C28H20N2O3. The summed E-state index contributed by atoms with van der Waals surface area (Å²) in [6.45, 7) is 0. The Kier molecular flexibility index (Phi) is 5.26. The van der Waals surface area contributed by atoms with Crippen molar-refractivity contribution in [1.82, 2.24) is 5.32 Å². The maximum atomic E-state index is 12.9. The zero-order valence-electron chi connectivity index (χ0n) is 17.9. The van der Waals surface area contributed by atoms with E-state index >= 15 is 0 Å². The third kappa shape index (κ3) is 3.68. The van der Waals surface area contributed by atoms with Crippen LogP contribution in [0.15, 0.2) is 102 Å². The zero-order chi connectivity index (χ0) is 22.8. The number of nitrogens with one attached hydrogen (secondary N) is 1. The van der Waals surface area contributed by atoms with E-state index in [9.17, 15) is 10.1 Å². The van der Waals surface area contributed by atoms with Crippen LogP contribution in [0.4, 0.5) is 0 Å². The Morgan fingerprint density at radius 2 is 1.67 bits per heavy atom. The molecule has 0 saturated heterocycles. The summed E-state index contributed by atoms with van der Waals surface area (Å²) < 4.78 is 11.4. The molecule has 1 atom stereocenters. The highest BCUT2D eigenvalue weighted by molar-refractivity contribution is 5.96. The highest BCUT2D eigenvalue weighted by atomic mass is 16.5. The molecule has 0 saturated carbocycles. The third-order valence-electron chi connectivity index (χ3n) is 5.80. The predicted molar refractivity (Wildman–Crippen MR) is 126 cm³/mol. The Balaban J connectivity index is 1.68. The first kappa shape index (κ1) is 20.3. The van der Waals surface area contributed by atoms with E-state index in [-0.39, 0.29) is 11.8 Å². The molecule has 1 N–H and O–H groups in total. The molecule has 33 heavy (non-hydrogen) atoms. The average Bonchev–Trinajstić information content (AvgIpc) is 2.88. The van der Waals surface area contributed by atoms with E-state index in [1.54, 1.807) is 31.4 Å². The molecule has 5 rings (SSSR count). The SMILES string of the molecule is COc1ccc([C@@H]2C(C#N)=C(NC(=O)c3ccccc3)Oc3ccc4ccccc4c32)cc1. The van der Waals surface area contributed by atoms with E-state index in [4.69, 9.17) is 9.47 Å². The number of hydrogen-bond acceptors (Lipinski definition) is 4. The second-order valence-corrected chi connectivity index (χ2v) is 7.68. The number of carbonyl (C=O) groups is 1. The lowest BCUT2D eigenvalue weighted by atomic mass is 9.81. The molecule has 5 heteroatoms. The van der Waals surface area contributed by atoms with Crippen LogP contribution in [0.1, 0.15) is 27.4 Å². The predicted octanol–water partition coefficient (Wildman–Crippen LogP) is 5.54. The van der Waals surface area contributed by atoms with Gasteiger partial charge in [-0.3, -0.25) is 10.1 Å². The van der Waals surface area contributed by atoms with E-state index < -0.39 is 5.92 Å². The van der Waals surface area contributed by atoms with Crippen molar-refractivity contribution in [2.75, 3.05) is 7.11 Å². The van der Waals surface area contributed by atoms with Gasteiger partial charge in [-0.25, -0.2) is 0 Å². The second-order valence-electron chi connectivity index (χ2n) is 7.68. The molecule has 1 aliphatic rings. The van der Waals surface area contributed by atoms with Crippen LogP contribution in [0.3, 0.4) is 0 Å². The fourth-order valence-corrected chi connectivity index (χ4v) is 4.21. The van der Waals surface area contributed by atoms with Gasteiger partial charge in [-0.1, -0.05) is 60.7 Å². The number of ether oxygens (including phenoxy) is 2. The summed E-state index contributed by atoms with van der Waals surface area (Å²) in [6.07, 6.45) is 0. The first-order valence-corrected chi connectivity index (χ1v) is 10.5. The first-order chi connectivity index (χ1) is 16.2. The van der Waals surface area contributed by atoms with Crippen molar-refractivity contribution in [3.8, 4) is 17.6 Å². The normalized spacial score (nSPS) is 14.7. The molecule has 1 aliphatic heterocycles. The molecule has 1 heterocycles. The highest BCUT2D eigenvalue weighted by Crippen LogP contribution is 2.46. The van der Waals surface area contributed by atoms with Gasteiger partial charge < -0.3 is 9.47 Å². The van der Waals surface area contributed by atoms with Gasteiger partial charge in [0.25, 0.3) is 5.91 Å². The van der Waals surface area contributed by atoms with Gasteiger partial charge in [0.2, 0.25) is 5.88 Å². The molecule has 0 fully saturated rings. The van der Waals surface area contributed by atoms with Gasteiger partial charge in [-0.2, -0.15) is 5.26 Å². The summed E-state index contributed by atoms with van der Waals surface area (Å²) in [4.78, 5) is 12.9. The summed E-state index contributed by atoms with van der Waals surface area (Å²) in [7, 11) is 1.62. The lowest BCUT2D eigenvalue weighted by Crippen LogP contribution is -2.31. The summed E-state index contributed by atoms with van der Waals surface area (Å²) in [5, 5.41) is 15.1. The summed E-state index contributed by atoms with van der Waals surface area (Å²) in [6, 6.07) is 30.6. The van der Waals surface area contributed by atoms with Gasteiger partial charge in [0.05, 0.1) is 13.0 Å². The van der Waals surface area contributed by atoms with E-state index in [2.05, 4.69) is 11.4 Å². The highest BCUT2D eigenvalue weighted by Gasteiger charge is 2.34. The number of benzene rings is 4. The topological polar surface area (TPSA) is 71.3 Å². The Labute approximate surface area is 191 Å². The Morgan fingerprint density at radius 3 is 2.39 bits per heavy atom. The minimum absolute atomic E-state index is 0.148.